The monoisotopic (exact) mass is 297 g/mol. The van der Waals surface area contributed by atoms with Crippen molar-refractivity contribution in [2.75, 3.05) is 5.73 Å². The minimum Gasteiger partial charge on any atom is -0.383 e. The summed E-state index contributed by atoms with van der Waals surface area (Å²) in [5, 5.41) is 0. The van der Waals surface area contributed by atoms with E-state index in [1.165, 1.54) is 6.07 Å². The van der Waals surface area contributed by atoms with Crippen molar-refractivity contribution in [3.63, 3.8) is 0 Å². The van der Waals surface area contributed by atoms with Crippen molar-refractivity contribution in [1.82, 2.24) is 9.55 Å². The van der Waals surface area contributed by atoms with Gasteiger partial charge in [-0.25, -0.2) is 4.98 Å². The highest BCUT2D eigenvalue weighted by Crippen LogP contribution is 2.33. The Balaban J connectivity index is 2.52. The van der Waals surface area contributed by atoms with Crippen LogP contribution in [0.5, 0.6) is 0 Å². The number of hydrogen-bond acceptors (Lipinski definition) is 2. The molecule has 0 saturated carbocycles. The molecule has 0 spiro atoms. The lowest BCUT2D eigenvalue weighted by molar-refractivity contribution is -0.137. The molecule has 0 bridgehead atoms. The molecule has 114 valence electrons. The number of nitrogens with zero attached hydrogens (tertiary/aromatic N) is 2. The summed E-state index contributed by atoms with van der Waals surface area (Å²) in [6, 6.07) is 5.11. The Morgan fingerprint density at radius 3 is 2.52 bits per heavy atom. The van der Waals surface area contributed by atoms with Crippen molar-refractivity contribution in [2.24, 2.45) is 0 Å². The summed E-state index contributed by atoms with van der Waals surface area (Å²) >= 11 is 0. The molecule has 0 unspecified atom stereocenters. The lowest BCUT2D eigenvalue weighted by Gasteiger charge is -2.09. The van der Waals surface area contributed by atoms with Crippen LogP contribution in [0.15, 0.2) is 24.3 Å². The SMILES string of the molecule is CCCn1c(CC)nc(-c2cccc(C(F)(F)F)c2)c1N. The van der Waals surface area contributed by atoms with E-state index >= 15 is 0 Å². The Kier molecular flexibility index (Phi) is 4.25. The molecule has 0 amide bonds. The smallest absolute Gasteiger partial charge is 0.383 e. The molecule has 0 aliphatic carbocycles. The van der Waals surface area contributed by atoms with Gasteiger partial charge < -0.3 is 10.3 Å². The van der Waals surface area contributed by atoms with Crippen LogP contribution in [0, 0.1) is 0 Å². The number of benzene rings is 1. The fourth-order valence-electron chi connectivity index (χ4n) is 2.31. The Morgan fingerprint density at radius 2 is 1.95 bits per heavy atom. The number of rotatable bonds is 4. The van der Waals surface area contributed by atoms with Gasteiger partial charge in [0, 0.05) is 18.5 Å². The summed E-state index contributed by atoms with van der Waals surface area (Å²) in [6.07, 6.45) is -2.80. The zero-order valence-electron chi connectivity index (χ0n) is 12.0. The third kappa shape index (κ3) is 3.04. The van der Waals surface area contributed by atoms with Crippen molar-refractivity contribution >= 4 is 5.82 Å². The number of nitrogens with two attached hydrogens (primary N) is 1. The first-order valence-corrected chi connectivity index (χ1v) is 6.91. The third-order valence-electron chi connectivity index (χ3n) is 3.31. The van der Waals surface area contributed by atoms with Gasteiger partial charge in [0.05, 0.1) is 5.56 Å². The largest absolute Gasteiger partial charge is 0.416 e. The Morgan fingerprint density at radius 1 is 1.24 bits per heavy atom. The van der Waals surface area contributed by atoms with Crippen molar-refractivity contribution in [1.29, 1.82) is 0 Å². The topological polar surface area (TPSA) is 43.8 Å². The van der Waals surface area contributed by atoms with Crippen molar-refractivity contribution in [3.05, 3.63) is 35.7 Å². The third-order valence-corrected chi connectivity index (χ3v) is 3.31. The number of nitrogen functional groups attached to an aromatic ring is 1. The van der Waals surface area contributed by atoms with Crippen LogP contribution in [0.25, 0.3) is 11.3 Å². The molecule has 0 saturated heterocycles. The van der Waals surface area contributed by atoms with Crippen LogP contribution in [-0.2, 0) is 19.1 Å². The van der Waals surface area contributed by atoms with Gasteiger partial charge in [-0.3, -0.25) is 0 Å². The number of halogens is 3. The molecule has 0 fully saturated rings. The molecule has 0 radical (unpaired) electrons. The minimum absolute atomic E-state index is 0.395. The normalized spacial score (nSPS) is 11.9. The van der Waals surface area contributed by atoms with E-state index in [0.29, 0.717) is 30.0 Å². The molecule has 2 rings (SSSR count). The molecule has 2 aromatic rings. The second kappa shape index (κ2) is 5.79. The number of hydrogen-bond donors (Lipinski definition) is 1. The van der Waals surface area contributed by atoms with Gasteiger partial charge in [-0.2, -0.15) is 13.2 Å². The molecule has 21 heavy (non-hydrogen) atoms. The highest BCUT2D eigenvalue weighted by Gasteiger charge is 2.30. The summed E-state index contributed by atoms with van der Waals surface area (Å²) < 4.78 is 40.3. The Bertz CT molecular complexity index is 630. The van der Waals surface area contributed by atoms with E-state index in [0.717, 1.165) is 24.4 Å². The van der Waals surface area contributed by atoms with Crippen LogP contribution >= 0.6 is 0 Å². The van der Waals surface area contributed by atoms with Crippen LogP contribution in [-0.4, -0.2) is 9.55 Å². The van der Waals surface area contributed by atoms with Crippen molar-refractivity contribution in [3.8, 4) is 11.3 Å². The predicted molar refractivity (Wildman–Crippen MR) is 76.7 cm³/mol. The zero-order valence-corrected chi connectivity index (χ0v) is 12.0. The molecule has 1 aromatic heterocycles. The highest BCUT2D eigenvalue weighted by atomic mass is 19.4. The quantitative estimate of drug-likeness (QED) is 0.922. The van der Waals surface area contributed by atoms with Gasteiger partial charge in [0.2, 0.25) is 0 Å². The summed E-state index contributed by atoms with van der Waals surface area (Å²) in [5.41, 5.74) is 6.20. The van der Waals surface area contributed by atoms with Gasteiger partial charge in [-0.05, 0) is 18.6 Å². The second-order valence-electron chi connectivity index (χ2n) is 4.85. The molecule has 0 aliphatic heterocycles. The van der Waals surface area contributed by atoms with Crippen LogP contribution in [0.2, 0.25) is 0 Å². The van der Waals surface area contributed by atoms with Crippen LogP contribution in [0.4, 0.5) is 19.0 Å². The molecule has 2 N–H and O–H groups in total. The highest BCUT2D eigenvalue weighted by molar-refractivity contribution is 5.71. The summed E-state index contributed by atoms with van der Waals surface area (Å²) in [5.74, 6) is 1.22. The van der Waals surface area contributed by atoms with Gasteiger partial charge in [0.25, 0.3) is 0 Å². The lowest BCUT2D eigenvalue weighted by Crippen LogP contribution is -2.06. The predicted octanol–water partition coefficient (Wildman–Crippen LogP) is 4.12. The summed E-state index contributed by atoms with van der Waals surface area (Å²) in [6.45, 7) is 4.67. The van der Waals surface area contributed by atoms with Crippen LogP contribution in [0.1, 0.15) is 31.7 Å². The van der Waals surface area contributed by atoms with Crippen molar-refractivity contribution in [2.45, 2.75) is 39.4 Å². The maximum atomic E-state index is 12.8. The van der Waals surface area contributed by atoms with Gasteiger partial charge in [-0.1, -0.05) is 26.0 Å². The molecule has 0 aliphatic rings. The first kappa shape index (κ1) is 15.4. The number of imidazole rings is 1. The molecule has 0 atom stereocenters. The minimum atomic E-state index is -4.37. The van der Waals surface area contributed by atoms with E-state index in [4.69, 9.17) is 5.73 Å². The summed E-state index contributed by atoms with van der Waals surface area (Å²) in [7, 11) is 0. The average Bonchev–Trinajstić information content (AvgIpc) is 2.76. The van der Waals surface area contributed by atoms with E-state index in [9.17, 15) is 13.2 Å². The van der Waals surface area contributed by atoms with Gasteiger partial charge in [-0.15, -0.1) is 0 Å². The van der Waals surface area contributed by atoms with E-state index in [1.807, 2.05) is 18.4 Å². The van der Waals surface area contributed by atoms with E-state index < -0.39 is 11.7 Å². The van der Waals surface area contributed by atoms with Gasteiger partial charge >= 0.3 is 6.18 Å². The van der Waals surface area contributed by atoms with E-state index in [1.54, 1.807) is 6.07 Å². The van der Waals surface area contributed by atoms with Crippen LogP contribution < -0.4 is 5.73 Å². The number of anilines is 1. The van der Waals surface area contributed by atoms with Crippen LogP contribution in [0.3, 0.4) is 0 Å². The standard InChI is InChI=1S/C15H18F3N3/c1-3-8-21-12(4-2)20-13(14(21)19)10-6-5-7-11(9-10)15(16,17)18/h5-7,9H,3-4,8,19H2,1-2H3. The Labute approximate surface area is 121 Å². The fourth-order valence-corrected chi connectivity index (χ4v) is 2.31. The molecule has 1 heterocycles. The molecule has 3 nitrogen and oxygen atoms in total. The van der Waals surface area contributed by atoms with Gasteiger partial charge in [0.1, 0.15) is 17.3 Å². The average molecular weight is 297 g/mol. The fraction of sp³-hybridized carbons (Fsp3) is 0.400. The van der Waals surface area contributed by atoms with E-state index in [2.05, 4.69) is 4.98 Å². The van der Waals surface area contributed by atoms with Gasteiger partial charge in [0.15, 0.2) is 0 Å². The molecule has 1 aromatic carbocycles. The van der Waals surface area contributed by atoms with Crippen molar-refractivity contribution < 1.29 is 13.2 Å². The van der Waals surface area contributed by atoms with E-state index in [-0.39, 0.29) is 0 Å². The molecular weight excluding hydrogens is 279 g/mol. The number of aromatic nitrogens is 2. The maximum Gasteiger partial charge on any atom is 0.416 e. The number of alkyl halides is 3. The first-order chi connectivity index (χ1) is 9.88. The Hall–Kier alpha value is -1.98. The maximum absolute atomic E-state index is 12.8. The first-order valence-electron chi connectivity index (χ1n) is 6.91. The number of aryl methyl sites for hydroxylation is 1. The second-order valence-corrected chi connectivity index (χ2v) is 4.85. The zero-order chi connectivity index (χ0) is 15.6. The lowest BCUT2D eigenvalue weighted by atomic mass is 10.1. The molecule has 6 heteroatoms. The summed E-state index contributed by atoms with van der Waals surface area (Å²) in [4.78, 5) is 4.41. The molecular formula is C15H18F3N3.